The quantitative estimate of drug-likeness (QED) is 0.275. The fraction of sp³-hybridized carbons (Fsp3) is 0.250. The third-order valence-electron chi connectivity index (χ3n) is 4.98. The average molecular weight is 493 g/mol. The molecule has 0 unspecified atom stereocenters. The SMILES string of the molecule is O=C(OCc1nnc(-c2ccc([N+](=O)[O-])cc2)o1)c1cc(S(=O)(=O)N2CCCC2)ccc1Cl. The molecule has 0 spiro atoms. The Balaban J connectivity index is 1.45. The topological polar surface area (TPSA) is 146 Å². The number of carbonyl (C=O) groups is 1. The fourth-order valence-corrected chi connectivity index (χ4v) is 5.00. The maximum absolute atomic E-state index is 12.8. The van der Waals surface area contributed by atoms with Gasteiger partial charge in [-0.3, -0.25) is 10.1 Å². The molecule has 4 rings (SSSR count). The van der Waals surface area contributed by atoms with Gasteiger partial charge < -0.3 is 9.15 Å². The minimum atomic E-state index is -3.73. The summed E-state index contributed by atoms with van der Waals surface area (Å²) in [6, 6.07) is 9.37. The number of ether oxygens (including phenoxy) is 1. The highest BCUT2D eigenvalue weighted by atomic mass is 35.5. The molecule has 1 aromatic heterocycles. The molecule has 2 heterocycles. The molecule has 11 nitrogen and oxygen atoms in total. The molecule has 3 aromatic rings. The molecule has 0 atom stereocenters. The number of nitro benzene ring substituents is 1. The largest absolute Gasteiger partial charge is 0.452 e. The molecule has 13 heteroatoms. The number of carbonyl (C=O) groups excluding carboxylic acids is 1. The molecule has 1 aliphatic rings. The van der Waals surface area contributed by atoms with Crippen molar-refractivity contribution in [2.75, 3.05) is 13.1 Å². The predicted molar refractivity (Wildman–Crippen MR) is 115 cm³/mol. The van der Waals surface area contributed by atoms with E-state index >= 15 is 0 Å². The van der Waals surface area contributed by atoms with E-state index in [1.54, 1.807) is 0 Å². The summed E-state index contributed by atoms with van der Waals surface area (Å²) in [5.41, 5.74) is 0.263. The Labute approximate surface area is 193 Å². The van der Waals surface area contributed by atoms with Gasteiger partial charge in [-0.1, -0.05) is 11.6 Å². The van der Waals surface area contributed by atoms with E-state index in [4.69, 9.17) is 20.8 Å². The van der Waals surface area contributed by atoms with Crippen LogP contribution in [-0.2, 0) is 21.4 Å². The van der Waals surface area contributed by atoms with Crippen molar-refractivity contribution in [2.24, 2.45) is 0 Å². The zero-order chi connectivity index (χ0) is 23.6. The Morgan fingerprint density at radius 1 is 1.15 bits per heavy atom. The number of nitrogens with zero attached hydrogens (tertiary/aromatic N) is 4. The van der Waals surface area contributed by atoms with Gasteiger partial charge in [0.1, 0.15) is 0 Å². The fourth-order valence-electron chi connectivity index (χ4n) is 3.26. The van der Waals surface area contributed by atoms with Crippen LogP contribution in [0.3, 0.4) is 0 Å². The lowest BCUT2D eigenvalue weighted by Gasteiger charge is -2.16. The molecule has 1 fully saturated rings. The summed E-state index contributed by atoms with van der Waals surface area (Å²) in [5, 5.41) is 18.4. The summed E-state index contributed by atoms with van der Waals surface area (Å²) in [6.07, 6.45) is 1.57. The maximum atomic E-state index is 12.8. The average Bonchev–Trinajstić information content (AvgIpc) is 3.50. The van der Waals surface area contributed by atoms with Crippen molar-refractivity contribution in [1.29, 1.82) is 0 Å². The van der Waals surface area contributed by atoms with Crippen molar-refractivity contribution >= 4 is 33.3 Å². The van der Waals surface area contributed by atoms with Gasteiger partial charge in [0.05, 0.1) is 20.4 Å². The Morgan fingerprint density at radius 3 is 2.52 bits per heavy atom. The summed E-state index contributed by atoms with van der Waals surface area (Å²) in [6.45, 7) is 0.482. The van der Waals surface area contributed by atoms with Crippen molar-refractivity contribution in [1.82, 2.24) is 14.5 Å². The van der Waals surface area contributed by atoms with Gasteiger partial charge in [0.15, 0.2) is 6.61 Å². The number of hydrogen-bond acceptors (Lipinski definition) is 9. The number of non-ortho nitro benzene ring substituents is 1. The number of sulfonamides is 1. The number of esters is 1. The van der Waals surface area contributed by atoms with E-state index in [2.05, 4.69) is 10.2 Å². The zero-order valence-electron chi connectivity index (χ0n) is 17.0. The van der Waals surface area contributed by atoms with E-state index in [0.717, 1.165) is 12.8 Å². The second kappa shape index (κ2) is 9.25. The first kappa shape index (κ1) is 22.8. The van der Waals surface area contributed by atoms with Gasteiger partial charge in [-0.15, -0.1) is 10.2 Å². The summed E-state index contributed by atoms with van der Waals surface area (Å²) in [7, 11) is -3.73. The highest BCUT2D eigenvalue weighted by molar-refractivity contribution is 7.89. The van der Waals surface area contributed by atoms with Crippen molar-refractivity contribution in [2.45, 2.75) is 24.3 Å². The van der Waals surface area contributed by atoms with Crippen LogP contribution in [0.2, 0.25) is 5.02 Å². The van der Waals surface area contributed by atoms with Gasteiger partial charge in [-0.25, -0.2) is 13.2 Å². The third-order valence-corrected chi connectivity index (χ3v) is 7.20. The van der Waals surface area contributed by atoms with Gasteiger partial charge in [0.25, 0.3) is 11.6 Å². The van der Waals surface area contributed by atoms with Gasteiger partial charge >= 0.3 is 5.97 Å². The second-order valence-corrected chi connectivity index (χ2v) is 9.48. The molecule has 0 saturated carbocycles. The summed E-state index contributed by atoms with van der Waals surface area (Å²) >= 11 is 6.09. The van der Waals surface area contributed by atoms with Gasteiger partial charge in [-0.05, 0) is 43.2 Å². The lowest BCUT2D eigenvalue weighted by molar-refractivity contribution is -0.384. The first-order valence-corrected chi connectivity index (χ1v) is 11.6. The molecule has 0 bridgehead atoms. The summed E-state index contributed by atoms with van der Waals surface area (Å²) in [5.74, 6) is -0.782. The Kier molecular flexibility index (Phi) is 6.40. The molecule has 0 aliphatic carbocycles. The lowest BCUT2D eigenvalue weighted by Crippen LogP contribution is -2.28. The highest BCUT2D eigenvalue weighted by Crippen LogP contribution is 2.26. The van der Waals surface area contributed by atoms with Crippen molar-refractivity contribution in [3.63, 3.8) is 0 Å². The van der Waals surface area contributed by atoms with Crippen LogP contribution >= 0.6 is 11.6 Å². The molecule has 1 aliphatic heterocycles. The Bertz CT molecular complexity index is 1300. The third kappa shape index (κ3) is 4.87. The van der Waals surface area contributed by atoms with Crippen LogP contribution in [0.4, 0.5) is 5.69 Å². The monoisotopic (exact) mass is 492 g/mol. The van der Waals surface area contributed by atoms with E-state index in [0.29, 0.717) is 18.7 Å². The lowest BCUT2D eigenvalue weighted by atomic mass is 10.2. The van der Waals surface area contributed by atoms with Gasteiger partial charge in [0, 0.05) is 30.8 Å². The van der Waals surface area contributed by atoms with E-state index in [-0.39, 0.29) is 39.6 Å². The summed E-state index contributed by atoms with van der Waals surface area (Å²) < 4.78 is 37.5. The van der Waals surface area contributed by atoms with Crippen LogP contribution in [0.5, 0.6) is 0 Å². The molecule has 0 N–H and O–H groups in total. The van der Waals surface area contributed by atoms with Crippen LogP contribution in [-0.4, -0.2) is 46.9 Å². The highest BCUT2D eigenvalue weighted by Gasteiger charge is 2.28. The molecular weight excluding hydrogens is 476 g/mol. The standard InChI is InChI=1S/C20H17ClN4O7S/c21-17-8-7-15(33(29,30)24-9-1-2-10-24)11-16(17)20(26)31-12-18-22-23-19(32-18)13-3-5-14(6-4-13)25(27)28/h3-8,11H,1-2,9-10,12H2. The van der Waals surface area contributed by atoms with Crippen molar-refractivity contribution in [3.8, 4) is 11.5 Å². The molecule has 2 aromatic carbocycles. The van der Waals surface area contributed by atoms with Crippen LogP contribution in [0.1, 0.15) is 29.1 Å². The number of rotatable bonds is 7. The van der Waals surface area contributed by atoms with Gasteiger partial charge in [0.2, 0.25) is 15.9 Å². The Hall–Kier alpha value is -3.35. The van der Waals surface area contributed by atoms with Crippen LogP contribution < -0.4 is 0 Å². The number of halogens is 1. The Morgan fingerprint density at radius 2 is 1.85 bits per heavy atom. The molecule has 1 saturated heterocycles. The van der Waals surface area contributed by atoms with Crippen LogP contribution in [0.15, 0.2) is 51.8 Å². The smallest absolute Gasteiger partial charge is 0.340 e. The molecule has 172 valence electrons. The number of aromatic nitrogens is 2. The minimum Gasteiger partial charge on any atom is -0.452 e. The summed E-state index contributed by atoms with van der Waals surface area (Å²) in [4.78, 5) is 22.7. The number of hydrogen-bond donors (Lipinski definition) is 0. The maximum Gasteiger partial charge on any atom is 0.340 e. The minimum absolute atomic E-state index is 0.0198. The molecule has 0 amide bonds. The van der Waals surface area contributed by atoms with E-state index < -0.39 is 20.9 Å². The number of nitro groups is 1. The first-order valence-electron chi connectivity index (χ1n) is 9.80. The molecular formula is C20H17ClN4O7S. The predicted octanol–water partition coefficient (Wildman–Crippen LogP) is 3.44. The van der Waals surface area contributed by atoms with Gasteiger partial charge in [-0.2, -0.15) is 4.31 Å². The van der Waals surface area contributed by atoms with Crippen molar-refractivity contribution in [3.05, 3.63) is 69.1 Å². The van der Waals surface area contributed by atoms with Crippen LogP contribution in [0.25, 0.3) is 11.5 Å². The van der Waals surface area contributed by atoms with E-state index in [1.807, 2.05) is 0 Å². The normalized spacial score (nSPS) is 14.3. The first-order chi connectivity index (χ1) is 15.8. The second-order valence-electron chi connectivity index (χ2n) is 7.13. The van der Waals surface area contributed by atoms with Crippen molar-refractivity contribution < 1.29 is 27.3 Å². The van der Waals surface area contributed by atoms with Crippen LogP contribution in [0, 0.1) is 10.1 Å². The van der Waals surface area contributed by atoms with E-state index in [1.165, 1.54) is 46.8 Å². The molecule has 33 heavy (non-hydrogen) atoms. The van der Waals surface area contributed by atoms with E-state index in [9.17, 15) is 23.3 Å². The zero-order valence-corrected chi connectivity index (χ0v) is 18.6. The molecule has 0 radical (unpaired) electrons. The number of benzene rings is 2.